The lowest BCUT2D eigenvalue weighted by Gasteiger charge is -2.13. The Morgan fingerprint density at radius 1 is 1.78 bits per heavy atom. The molecular formula is C6H13N3. The summed E-state index contributed by atoms with van der Waals surface area (Å²) in [6.07, 6.45) is 1.17. The molecule has 52 valence electrons. The highest BCUT2D eigenvalue weighted by Crippen LogP contribution is 1.87. The summed E-state index contributed by atoms with van der Waals surface area (Å²) in [6, 6.07) is 0. The number of nitrogens with zero attached hydrogens (tertiary/aromatic N) is 1. The standard InChI is InChI=1S/C6H13N3/c1-7-5-6-8-3-2-4-9-6/h7H,2-5H2,1H3,(H,8,9). The summed E-state index contributed by atoms with van der Waals surface area (Å²) in [6.45, 7) is 2.95. The topological polar surface area (TPSA) is 36.4 Å². The molecule has 1 heterocycles. The Morgan fingerprint density at radius 2 is 2.67 bits per heavy atom. The van der Waals surface area contributed by atoms with E-state index in [1.54, 1.807) is 0 Å². The minimum absolute atomic E-state index is 0.875. The summed E-state index contributed by atoms with van der Waals surface area (Å²) >= 11 is 0. The Balaban J connectivity index is 2.28. The molecule has 3 heteroatoms. The molecule has 0 atom stereocenters. The second-order valence-corrected chi connectivity index (χ2v) is 2.14. The fraction of sp³-hybridized carbons (Fsp3) is 0.833. The molecule has 0 amide bonds. The molecule has 3 nitrogen and oxygen atoms in total. The molecule has 9 heavy (non-hydrogen) atoms. The van der Waals surface area contributed by atoms with Crippen LogP contribution in [0, 0.1) is 0 Å². The Labute approximate surface area is 55.6 Å². The first kappa shape index (κ1) is 6.55. The van der Waals surface area contributed by atoms with Crippen LogP contribution in [-0.4, -0.2) is 32.5 Å². The van der Waals surface area contributed by atoms with E-state index in [1.165, 1.54) is 6.42 Å². The lowest BCUT2D eigenvalue weighted by molar-refractivity contribution is 0.721. The minimum atomic E-state index is 0.875. The average molecular weight is 127 g/mol. The molecule has 0 bridgehead atoms. The number of aliphatic imine (C=N–C) groups is 1. The van der Waals surface area contributed by atoms with Crippen molar-refractivity contribution in [3.8, 4) is 0 Å². The molecular weight excluding hydrogens is 114 g/mol. The van der Waals surface area contributed by atoms with Gasteiger partial charge in [-0.25, -0.2) is 0 Å². The van der Waals surface area contributed by atoms with Gasteiger partial charge in [-0.3, -0.25) is 4.99 Å². The third kappa shape index (κ3) is 2.01. The third-order valence-corrected chi connectivity index (χ3v) is 1.31. The quantitative estimate of drug-likeness (QED) is 0.529. The average Bonchev–Trinajstić information content (AvgIpc) is 1.91. The number of nitrogens with one attached hydrogen (secondary N) is 2. The number of hydrogen-bond acceptors (Lipinski definition) is 3. The largest absolute Gasteiger partial charge is 0.373 e. The van der Waals surface area contributed by atoms with Crippen molar-refractivity contribution in [1.82, 2.24) is 10.6 Å². The number of amidine groups is 1. The lowest BCUT2D eigenvalue weighted by atomic mass is 10.3. The summed E-state index contributed by atoms with van der Waals surface area (Å²) in [5.41, 5.74) is 0. The molecule has 2 N–H and O–H groups in total. The van der Waals surface area contributed by atoms with Crippen molar-refractivity contribution in [2.24, 2.45) is 4.99 Å². The Hall–Kier alpha value is -0.570. The van der Waals surface area contributed by atoms with E-state index in [9.17, 15) is 0 Å². The molecule has 0 aromatic heterocycles. The van der Waals surface area contributed by atoms with E-state index in [4.69, 9.17) is 0 Å². The predicted octanol–water partition coefficient (Wildman–Crippen LogP) is -0.402. The van der Waals surface area contributed by atoms with Crippen molar-refractivity contribution < 1.29 is 0 Å². The molecule has 0 aromatic carbocycles. The maximum Gasteiger partial charge on any atom is 0.110 e. The van der Waals surface area contributed by atoms with Crippen LogP contribution in [0.1, 0.15) is 6.42 Å². The van der Waals surface area contributed by atoms with Crippen LogP contribution >= 0.6 is 0 Å². The van der Waals surface area contributed by atoms with E-state index in [1.807, 2.05) is 7.05 Å². The molecule has 0 fully saturated rings. The van der Waals surface area contributed by atoms with Crippen LogP contribution in [0.5, 0.6) is 0 Å². The van der Waals surface area contributed by atoms with Gasteiger partial charge in [0.2, 0.25) is 0 Å². The first-order chi connectivity index (χ1) is 4.43. The molecule has 0 aromatic rings. The minimum Gasteiger partial charge on any atom is -0.373 e. The van der Waals surface area contributed by atoms with Gasteiger partial charge in [0.05, 0.1) is 6.54 Å². The summed E-state index contributed by atoms with van der Waals surface area (Å²) in [5.74, 6) is 1.10. The zero-order chi connectivity index (χ0) is 6.53. The second-order valence-electron chi connectivity index (χ2n) is 2.14. The van der Waals surface area contributed by atoms with Gasteiger partial charge in [0.15, 0.2) is 0 Å². The van der Waals surface area contributed by atoms with E-state index in [0.29, 0.717) is 0 Å². The van der Waals surface area contributed by atoms with Crippen LogP contribution in [0.3, 0.4) is 0 Å². The molecule has 0 radical (unpaired) electrons. The van der Waals surface area contributed by atoms with Gasteiger partial charge in [0.25, 0.3) is 0 Å². The predicted molar refractivity (Wildman–Crippen MR) is 38.8 cm³/mol. The van der Waals surface area contributed by atoms with Gasteiger partial charge in [-0.2, -0.15) is 0 Å². The maximum atomic E-state index is 4.26. The normalized spacial score (nSPS) is 18.6. The van der Waals surface area contributed by atoms with Crippen LogP contribution in [0.4, 0.5) is 0 Å². The van der Waals surface area contributed by atoms with Crippen molar-refractivity contribution in [1.29, 1.82) is 0 Å². The highest BCUT2D eigenvalue weighted by molar-refractivity contribution is 5.84. The first-order valence-electron chi connectivity index (χ1n) is 3.35. The van der Waals surface area contributed by atoms with Crippen molar-refractivity contribution in [3.05, 3.63) is 0 Å². The van der Waals surface area contributed by atoms with Gasteiger partial charge in [-0.15, -0.1) is 0 Å². The summed E-state index contributed by atoms with van der Waals surface area (Å²) in [7, 11) is 1.93. The summed E-state index contributed by atoms with van der Waals surface area (Å²) < 4.78 is 0. The zero-order valence-corrected chi connectivity index (χ0v) is 5.78. The van der Waals surface area contributed by atoms with Gasteiger partial charge < -0.3 is 10.6 Å². The molecule has 0 unspecified atom stereocenters. The fourth-order valence-corrected chi connectivity index (χ4v) is 0.867. The van der Waals surface area contributed by atoms with Crippen molar-refractivity contribution in [2.75, 3.05) is 26.7 Å². The smallest absolute Gasteiger partial charge is 0.110 e. The second kappa shape index (κ2) is 3.45. The molecule has 0 aliphatic carbocycles. The Bertz CT molecular complexity index is 109. The number of likely N-dealkylation sites (N-methyl/N-ethyl adjacent to an activating group) is 1. The van der Waals surface area contributed by atoms with Crippen LogP contribution in [0.25, 0.3) is 0 Å². The molecule has 0 spiro atoms. The van der Waals surface area contributed by atoms with E-state index >= 15 is 0 Å². The Morgan fingerprint density at radius 3 is 3.22 bits per heavy atom. The lowest BCUT2D eigenvalue weighted by Crippen LogP contribution is -2.36. The Kier molecular flexibility index (Phi) is 2.51. The molecule has 1 aliphatic heterocycles. The number of rotatable bonds is 2. The number of hydrogen-bond donors (Lipinski definition) is 2. The van der Waals surface area contributed by atoms with Crippen LogP contribution in [0.15, 0.2) is 4.99 Å². The molecule has 1 aliphatic rings. The van der Waals surface area contributed by atoms with Gasteiger partial charge in [0, 0.05) is 13.1 Å². The highest BCUT2D eigenvalue weighted by atomic mass is 15.1. The van der Waals surface area contributed by atoms with E-state index in [2.05, 4.69) is 15.6 Å². The zero-order valence-electron chi connectivity index (χ0n) is 5.78. The maximum absolute atomic E-state index is 4.26. The fourth-order valence-electron chi connectivity index (χ4n) is 0.867. The van der Waals surface area contributed by atoms with E-state index < -0.39 is 0 Å². The van der Waals surface area contributed by atoms with Crippen LogP contribution in [0.2, 0.25) is 0 Å². The third-order valence-electron chi connectivity index (χ3n) is 1.31. The van der Waals surface area contributed by atoms with Gasteiger partial charge >= 0.3 is 0 Å². The van der Waals surface area contributed by atoms with Crippen molar-refractivity contribution in [3.63, 3.8) is 0 Å². The SMILES string of the molecule is CNCC1=NCCCN1. The van der Waals surface area contributed by atoms with Gasteiger partial charge in [0.1, 0.15) is 5.84 Å². The van der Waals surface area contributed by atoms with Crippen molar-refractivity contribution >= 4 is 5.84 Å². The molecule has 0 saturated carbocycles. The molecule has 0 saturated heterocycles. The monoisotopic (exact) mass is 127 g/mol. The molecule has 1 rings (SSSR count). The van der Waals surface area contributed by atoms with Crippen LogP contribution < -0.4 is 10.6 Å². The van der Waals surface area contributed by atoms with Crippen molar-refractivity contribution in [2.45, 2.75) is 6.42 Å². The van der Waals surface area contributed by atoms with E-state index in [0.717, 1.165) is 25.5 Å². The van der Waals surface area contributed by atoms with E-state index in [-0.39, 0.29) is 0 Å². The summed E-state index contributed by atoms with van der Waals surface area (Å²) in [4.78, 5) is 4.26. The van der Waals surface area contributed by atoms with Crippen LogP contribution in [-0.2, 0) is 0 Å². The highest BCUT2D eigenvalue weighted by Gasteiger charge is 2.00. The summed E-state index contributed by atoms with van der Waals surface area (Å²) in [5, 5.41) is 6.25. The van der Waals surface area contributed by atoms with Gasteiger partial charge in [-0.1, -0.05) is 0 Å². The first-order valence-corrected chi connectivity index (χ1v) is 3.35. The van der Waals surface area contributed by atoms with Gasteiger partial charge in [-0.05, 0) is 13.5 Å².